The van der Waals surface area contributed by atoms with E-state index in [0.29, 0.717) is 0 Å². The van der Waals surface area contributed by atoms with Crippen LogP contribution in [-0.2, 0) is 21.2 Å². The van der Waals surface area contributed by atoms with Gasteiger partial charge in [0.25, 0.3) is 0 Å². The van der Waals surface area contributed by atoms with E-state index in [1.807, 2.05) is 25.1 Å². The van der Waals surface area contributed by atoms with Crippen molar-refractivity contribution in [2.24, 2.45) is 5.14 Å². The fourth-order valence-electron chi connectivity index (χ4n) is 1.33. The molecule has 0 aromatic heterocycles. The van der Waals surface area contributed by atoms with Crippen LogP contribution in [0, 0.1) is 6.92 Å². The Morgan fingerprint density at radius 2 is 2.07 bits per heavy atom. The van der Waals surface area contributed by atoms with Gasteiger partial charge in [-0.2, -0.15) is 0 Å². The lowest BCUT2D eigenvalue weighted by molar-refractivity contribution is -0.116. The molecule has 0 amide bonds. The molecule has 0 unspecified atom stereocenters. The molecule has 1 rings (SSSR count). The number of primary sulfonamides is 1. The fourth-order valence-corrected chi connectivity index (χ4v) is 1.88. The molecule has 1 aromatic carbocycles. The molecule has 0 atom stereocenters. The Labute approximate surface area is 89.2 Å². The predicted molar refractivity (Wildman–Crippen MR) is 57.9 cm³/mol. The van der Waals surface area contributed by atoms with E-state index in [-0.39, 0.29) is 12.2 Å². The summed E-state index contributed by atoms with van der Waals surface area (Å²) in [6.07, 6.45) is 0.109. The number of aryl methyl sites for hydroxylation is 1. The molecule has 4 nitrogen and oxygen atoms in total. The van der Waals surface area contributed by atoms with E-state index in [2.05, 4.69) is 0 Å². The second-order valence-electron chi connectivity index (χ2n) is 3.51. The maximum atomic E-state index is 11.3. The number of nitrogens with two attached hydrogens (primary N) is 1. The van der Waals surface area contributed by atoms with E-state index in [9.17, 15) is 13.2 Å². The summed E-state index contributed by atoms with van der Waals surface area (Å²) in [5.41, 5.74) is 1.85. The molecular weight excluding hydrogens is 214 g/mol. The first-order valence-electron chi connectivity index (χ1n) is 4.44. The summed E-state index contributed by atoms with van der Waals surface area (Å²) in [5.74, 6) is -0.982. The summed E-state index contributed by atoms with van der Waals surface area (Å²) in [5, 5.41) is 4.77. The number of carbonyl (C=O) groups is 1. The van der Waals surface area contributed by atoms with Crippen LogP contribution in [0.4, 0.5) is 0 Å². The lowest BCUT2D eigenvalue weighted by atomic mass is 10.1. The van der Waals surface area contributed by atoms with E-state index in [1.54, 1.807) is 6.07 Å². The normalized spacial score (nSPS) is 11.3. The zero-order valence-electron chi connectivity index (χ0n) is 8.43. The standard InChI is InChI=1S/C10H13NO3S/c1-8-3-2-4-9(5-8)6-10(12)7-15(11,13)14/h2-5H,6-7H2,1H3,(H2,11,13,14). The average Bonchev–Trinajstić information content (AvgIpc) is 1.99. The van der Waals surface area contributed by atoms with Crippen LogP contribution in [-0.4, -0.2) is 20.0 Å². The zero-order valence-corrected chi connectivity index (χ0v) is 9.25. The van der Waals surface area contributed by atoms with Crippen LogP contribution < -0.4 is 5.14 Å². The SMILES string of the molecule is Cc1cccc(CC(=O)CS(N)(=O)=O)c1. The zero-order chi connectivity index (χ0) is 11.5. The Balaban J connectivity index is 2.67. The smallest absolute Gasteiger partial charge is 0.216 e. The molecule has 0 bridgehead atoms. The molecule has 15 heavy (non-hydrogen) atoms. The highest BCUT2D eigenvalue weighted by molar-refractivity contribution is 7.89. The van der Waals surface area contributed by atoms with Gasteiger partial charge in [0, 0.05) is 6.42 Å². The molecule has 0 fully saturated rings. The Morgan fingerprint density at radius 3 is 2.60 bits per heavy atom. The van der Waals surface area contributed by atoms with Crippen molar-refractivity contribution in [2.45, 2.75) is 13.3 Å². The minimum absolute atomic E-state index is 0.109. The van der Waals surface area contributed by atoms with E-state index >= 15 is 0 Å². The number of carbonyl (C=O) groups excluding carboxylic acids is 1. The van der Waals surface area contributed by atoms with Crippen molar-refractivity contribution in [1.29, 1.82) is 0 Å². The van der Waals surface area contributed by atoms with Crippen LogP contribution in [0.1, 0.15) is 11.1 Å². The average molecular weight is 227 g/mol. The number of Topliss-reactive ketones (excluding diaryl/α,β-unsaturated/α-hetero) is 1. The van der Waals surface area contributed by atoms with Gasteiger partial charge in [-0.1, -0.05) is 29.8 Å². The Hall–Kier alpha value is -1.20. The molecule has 1 aromatic rings. The van der Waals surface area contributed by atoms with E-state index in [4.69, 9.17) is 5.14 Å². The highest BCUT2D eigenvalue weighted by Gasteiger charge is 2.11. The number of ketones is 1. The van der Waals surface area contributed by atoms with Crippen molar-refractivity contribution < 1.29 is 13.2 Å². The molecule has 5 heteroatoms. The topological polar surface area (TPSA) is 77.2 Å². The first kappa shape index (κ1) is 11.9. The van der Waals surface area contributed by atoms with Crippen LogP contribution in [0.2, 0.25) is 0 Å². The summed E-state index contributed by atoms with van der Waals surface area (Å²) in [6, 6.07) is 7.37. The minimum Gasteiger partial charge on any atom is -0.298 e. The van der Waals surface area contributed by atoms with Crippen molar-refractivity contribution >= 4 is 15.8 Å². The highest BCUT2D eigenvalue weighted by atomic mass is 32.2. The lowest BCUT2D eigenvalue weighted by Crippen LogP contribution is -2.24. The first-order chi connectivity index (χ1) is 6.87. The first-order valence-corrected chi connectivity index (χ1v) is 6.16. The third-order valence-corrected chi connectivity index (χ3v) is 2.57. The molecule has 0 aliphatic rings. The molecule has 82 valence electrons. The second kappa shape index (κ2) is 4.55. The van der Waals surface area contributed by atoms with Crippen molar-refractivity contribution in [3.63, 3.8) is 0 Å². The quantitative estimate of drug-likeness (QED) is 0.808. The molecule has 0 saturated carbocycles. The summed E-state index contributed by atoms with van der Waals surface area (Å²) in [4.78, 5) is 11.3. The largest absolute Gasteiger partial charge is 0.298 e. The summed E-state index contributed by atoms with van der Waals surface area (Å²) in [7, 11) is -3.70. The van der Waals surface area contributed by atoms with Crippen molar-refractivity contribution in [3.8, 4) is 0 Å². The van der Waals surface area contributed by atoms with Crippen LogP contribution in [0.3, 0.4) is 0 Å². The third-order valence-electron chi connectivity index (χ3n) is 1.85. The van der Waals surface area contributed by atoms with Gasteiger partial charge in [0.1, 0.15) is 5.75 Å². The highest BCUT2D eigenvalue weighted by Crippen LogP contribution is 2.05. The maximum Gasteiger partial charge on any atom is 0.216 e. The van der Waals surface area contributed by atoms with Gasteiger partial charge in [-0.25, -0.2) is 13.6 Å². The van der Waals surface area contributed by atoms with E-state index < -0.39 is 15.8 Å². The van der Waals surface area contributed by atoms with Crippen LogP contribution in [0.25, 0.3) is 0 Å². The minimum atomic E-state index is -3.70. The molecule has 2 N–H and O–H groups in total. The lowest BCUT2D eigenvalue weighted by Gasteiger charge is -2.01. The Kier molecular flexibility index (Phi) is 3.60. The fraction of sp³-hybridized carbons (Fsp3) is 0.300. The van der Waals surface area contributed by atoms with E-state index in [1.165, 1.54) is 0 Å². The van der Waals surface area contributed by atoms with Gasteiger partial charge in [0.15, 0.2) is 5.78 Å². The number of sulfonamides is 1. The van der Waals surface area contributed by atoms with Gasteiger partial charge in [-0.15, -0.1) is 0 Å². The number of rotatable bonds is 4. The van der Waals surface area contributed by atoms with Crippen LogP contribution >= 0.6 is 0 Å². The number of hydrogen-bond acceptors (Lipinski definition) is 3. The Morgan fingerprint density at radius 1 is 1.40 bits per heavy atom. The second-order valence-corrected chi connectivity index (χ2v) is 5.13. The summed E-state index contributed by atoms with van der Waals surface area (Å²) in [6.45, 7) is 1.91. The van der Waals surface area contributed by atoms with Gasteiger partial charge in [0.2, 0.25) is 10.0 Å². The molecule has 0 radical (unpaired) electrons. The van der Waals surface area contributed by atoms with Crippen molar-refractivity contribution in [2.75, 3.05) is 5.75 Å². The molecule has 0 aliphatic heterocycles. The van der Waals surface area contributed by atoms with E-state index in [0.717, 1.165) is 11.1 Å². The molecule has 0 saturated heterocycles. The predicted octanol–water partition coefficient (Wildman–Crippen LogP) is 0.395. The summed E-state index contributed by atoms with van der Waals surface area (Å²) < 4.78 is 21.3. The van der Waals surface area contributed by atoms with Gasteiger partial charge in [0.05, 0.1) is 0 Å². The van der Waals surface area contributed by atoms with Crippen LogP contribution in [0.15, 0.2) is 24.3 Å². The van der Waals surface area contributed by atoms with Gasteiger partial charge >= 0.3 is 0 Å². The van der Waals surface area contributed by atoms with Gasteiger partial charge in [-0.05, 0) is 12.5 Å². The number of hydrogen-bond donors (Lipinski definition) is 1. The summed E-state index contributed by atoms with van der Waals surface area (Å²) >= 11 is 0. The van der Waals surface area contributed by atoms with Crippen LogP contribution in [0.5, 0.6) is 0 Å². The molecular formula is C10H13NO3S. The molecule has 0 heterocycles. The van der Waals surface area contributed by atoms with Gasteiger partial charge in [-0.3, -0.25) is 4.79 Å². The number of benzene rings is 1. The maximum absolute atomic E-state index is 11.3. The molecule has 0 aliphatic carbocycles. The molecule has 0 spiro atoms. The third kappa shape index (κ3) is 4.71. The van der Waals surface area contributed by atoms with Crippen molar-refractivity contribution in [3.05, 3.63) is 35.4 Å². The van der Waals surface area contributed by atoms with Crippen molar-refractivity contribution in [1.82, 2.24) is 0 Å². The Bertz CT molecular complexity index is 465. The monoisotopic (exact) mass is 227 g/mol. The van der Waals surface area contributed by atoms with Gasteiger partial charge < -0.3 is 0 Å².